The van der Waals surface area contributed by atoms with Crippen molar-refractivity contribution in [2.24, 2.45) is 17.8 Å². The van der Waals surface area contributed by atoms with Gasteiger partial charge < -0.3 is 29.9 Å². The molecule has 0 radical (unpaired) electrons. The lowest BCUT2D eigenvalue weighted by Crippen LogP contribution is -2.44. The van der Waals surface area contributed by atoms with Gasteiger partial charge in [-0.3, -0.25) is 4.79 Å². The first-order valence-corrected chi connectivity index (χ1v) is 12.8. The highest BCUT2D eigenvalue weighted by Gasteiger charge is 2.42. The van der Waals surface area contributed by atoms with E-state index in [4.69, 9.17) is 14.6 Å². The van der Waals surface area contributed by atoms with Crippen molar-refractivity contribution >= 4 is 11.9 Å². The van der Waals surface area contributed by atoms with Gasteiger partial charge in [0.2, 0.25) is 0 Å². The highest BCUT2D eigenvalue weighted by atomic mass is 16.6. The zero-order valence-corrected chi connectivity index (χ0v) is 20.9. The van der Waals surface area contributed by atoms with E-state index >= 15 is 0 Å². The minimum atomic E-state index is -1.11. The number of aliphatic hydroxyl groups is 3. The lowest BCUT2D eigenvalue weighted by atomic mass is 9.66. The predicted octanol–water partition coefficient (Wildman–Crippen LogP) is 3.25. The molecule has 0 spiro atoms. The summed E-state index contributed by atoms with van der Waals surface area (Å²) in [5.41, 5.74) is 0.909. The normalized spacial score (nSPS) is 27.8. The van der Waals surface area contributed by atoms with Gasteiger partial charge in [-0.2, -0.15) is 0 Å². The Hall–Kier alpha value is -2.68. The van der Waals surface area contributed by atoms with Crippen LogP contribution < -0.4 is 4.74 Å². The van der Waals surface area contributed by atoms with Crippen LogP contribution in [0.5, 0.6) is 5.75 Å². The number of para-hydroxylation sites is 1. The number of carbonyl (C=O) groups is 2. The number of ether oxygens (including phenoxy) is 2. The van der Waals surface area contributed by atoms with Crippen molar-refractivity contribution in [2.45, 2.75) is 82.9 Å². The molecule has 36 heavy (non-hydrogen) atoms. The molecule has 0 amide bonds. The van der Waals surface area contributed by atoms with Gasteiger partial charge in [0.15, 0.2) is 6.10 Å². The topological polar surface area (TPSA) is 134 Å². The van der Waals surface area contributed by atoms with Crippen LogP contribution in [0.3, 0.4) is 0 Å². The smallest absolute Gasteiger partial charge is 0.347 e. The average molecular weight is 503 g/mol. The number of rotatable bonds is 12. The summed E-state index contributed by atoms with van der Waals surface area (Å²) < 4.78 is 11.8. The number of allylic oxidation sites excluding steroid dienone is 2. The number of carbonyl (C=O) groups excluding carboxylic acids is 1. The highest BCUT2D eigenvalue weighted by molar-refractivity contribution is 5.75. The maximum atomic E-state index is 13.1. The summed E-state index contributed by atoms with van der Waals surface area (Å²) in [7, 11) is 0. The van der Waals surface area contributed by atoms with Crippen LogP contribution in [0.25, 0.3) is 0 Å². The quantitative estimate of drug-likeness (QED) is 0.320. The highest BCUT2D eigenvalue weighted by Crippen LogP contribution is 2.44. The summed E-state index contributed by atoms with van der Waals surface area (Å²) in [6, 6.07) is 9.09. The van der Waals surface area contributed by atoms with E-state index in [0.29, 0.717) is 25.0 Å². The van der Waals surface area contributed by atoms with Crippen LogP contribution in [0, 0.1) is 17.8 Å². The number of carboxylic acid groups (broad SMARTS) is 1. The molecule has 2 aliphatic carbocycles. The summed E-state index contributed by atoms with van der Waals surface area (Å²) in [6.07, 6.45) is 3.08. The Bertz CT molecular complexity index is 927. The van der Waals surface area contributed by atoms with Crippen molar-refractivity contribution in [1.29, 1.82) is 0 Å². The third-order valence-electron chi connectivity index (χ3n) is 7.08. The molecule has 1 aromatic carbocycles. The summed E-state index contributed by atoms with van der Waals surface area (Å²) in [6.45, 7) is 3.92. The molecule has 3 rings (SSSR count). The molecule has 198 valence electrons. The second kappa shape index (κ2) is 13.0. The fourth-order valence-electron chi connectivity index (χ4n) is 5.27. The number of aliphatic carboxylic acids is 1. The minimum absolute atomic E-state index is 0.0112. The standard InChI is InChI=1S/C28H38O8/c1-3-24(35-22-7-5-4-6-8-22)28(34)36-25-15-20(30)13-18-10-9-17(2)23(27(18)25)12-11-19(29)14-21(31)16-26(32)33/h4-10,13,17,19-21,23-25,27,29-31H,3,11-12,14-16H2,1-2H3,(H,32,33)/t17-,19+,20+,21+,23-,24?,25-,27-/m0/s1. The third kappa shape index (κ3) is 7.66. The number of hydrogen-bond acceptors (Lipinski definition) is 7. The average Bonchev–Trinajstić information content (AvgIpc) is 2.82. The zero-order chi connectivity index (χ0) is 26.2. The Balaban J connectivity index is 1.70. The van der Waals surface area contributed by atoms with Gasteiger partial charge in [0, 0.05) is 12.3 Å². The molecule has 0 aliphatic heterocycles. The second-order valence-corrected chi connectivity index (χ2v) is 9.90. The Morgan fingerprint density at radius 3 is 2.53 bits per heavy atom. The van der Waals surface area contributed by atoms with Gasteiger partial charge in [0.1, 0.15) is 11.9 Å². The van der Waals surface area contributed by atoms with Crippen molar-refractivity contribution in [3.05, 3.63) is 54.1 Å². The molecule has 0 aromatic heterocycles. The van der Waals surface area contributed by atoms with Gasteiger partial charge in [-0.15, -0.1) is 0 Å². The van der Waals surface area contributed by atoms with Crippen LogP contribution in [0.1, 0.15) is 52.4 Å². The summed E-state index contributed by atoms with van der Waals surface area (Å²) >= 11 is 0. The predicted molar refractivity (Wildman–Crippen MR) is 133 cm³/mol. The maximum absolute atomic E-state index is 13.1. The Morgan fingerprint density at radius 2 is 1.86 bits per heavy atom. The number of carboxylic acids is 1. The molecule has 0 heterocycles. The Labute approximate surface area is 212 Å². The van der Waals surface area contributed by atoms with E-state index in [1.165, 1.54) is 0 Å². The summed E-state index contributed by atoms with van der Waals surface area (Å²) in [5, 5.41) is 39.6. The second-order valence-electron chi connectivity index (χ2n) is 9.90. The maximum Gasteiger partial charge on any atom is 0.347 e. The molecule has 0 saturated carbocycles. The van der Waals surface area contributed by atoms with Crippen LogP contribution in [-0.4, -0.2) is 62.9 Å². The van der Waals surface area contributed by atoms with Crippen molar-refractivity contribution in [1.82, 2.24) is 0 Å². The fourth-order valence-corrected chi connectivity index (χ4v) is 5.27. The van der Waals surface area contributed by atoms with Gasteiger partial charge in [0.05, 0.1) is 24.7 Å². The van der Waals surface area contributed by atoms with Gasteiger partial charge in [-0.05, 0) is 55.2 Å². The van der Waals surface area contributed by atoms with E-state index in [9.17, 15) is 24.9 Å². The SMILES string of the molecule is CCC(Oc1ccccc1)C(=O)O[C@H]1C[C@H](O)C=C2C=C[C@H](C)[C@H](CC[C@@H](O)C[C@@H](O)CC(=O)O)[C@H]21. The van der Waals surface area contributed by atoms with Crippen molar-refractivity contribution < 1.29 is 39.5 Å². The monoisotopic (exact) mass is 502 g/mol. The summed E-state index contributed by atoms with van der Waals surface area (Å²) in [5.74, 6) is -0.977. The number of aliphatic hydroxyl groups excluding tert-OH is 3. The van der Waals surface area contributed by atoms with Crippen LogP contribution >= 0.6 is 0 Å². The van der Waals surface area contributed by atoms with Gasteiger partial charge >= 0.3 is 11.9 Å². The minimum Gasteiger partial charge on any atom is -0.481 e. The molecular weight excluding hydrogens is 464 g/mol. The molecule has 1 unspecified atom stereocenters. The molecule has 0 saturated heterocycles. The lowest BCUT2D eigenvalue weighted by molar-refractivity contribution is -0.163. The lowest BCUT2D eigenvalue weighted by Gasteiger charge is -2.43. The van der Waals surface area contributed by atoms with E-state index in [2.05, 4.69) is 13.0 Å². The largest absolute Gasteiger partial charge is 0.481 e. The van der Waals surface area contributed by atoms with Gasteiger partial charge in [0.25, 0.3) is 0 Å². The van der Waals surface area contributed by atoms with Crippen LogP contribution in [0.15, 0.2) is 54.1 Å². The number of hydrogen-bond donors (Lipinski definition) is 4. The number of fused-ring (bicyclic) bond motifs is 1. The first kappa shape index (κ1) is 27.9. The summed E-state index contributed by atoms with van der Waals surface area (Å²) in [4.78, 5) is 23.9. The van der Waals surface area contributed by atoms with Crippen molar-refractivity contribution in [2.75, 3.05) is 0 Å². The number of benzene rings is 1. The van der Waals surface area contributed by atoms with Crippen LogP contribution in [0.2, 0.25) is 0 Å². The van der Waals surface area contributed by atoms with Crippen LogP contribution in [0.4, 0.5) is 0 Å². The van der Waals surface area contributed by atoms with E-state index in [-0.39, 0.29) is 30.6 Å². The van der Waals surface area contributed by atoms with E-state index < -0.39 is 48.9 Å². The third-order valence-corrected chi connectivity index (χ3v) is 7.08. The van der Waals surface area contributed by atoms with E-state index in [1.807, 2.05) is 31.2 Å². The van der Waals surface area contributed by atoms with Crippen molar-refractivity contribution in [3.8, 4) is 5.75 Å². The zero-order valence-electron chi connectivity index (χ0n) is 20.9. The first-order valence-electron chi connectivity index (χ1n) is 12.8. The molecule has 4 N–H and O–H groups in total. The molecule has 0 fully saturated rings. The molecule has 0 bridgehead atoms. The molecule has 1 aromatic rings. The van der Waals surface area contributed by atoms with Crippen LogP contribution in [-0.2, 0) is 14.3 Å². The van der Waals surface area contributed by atoms with Gasteiger partial charge in [-0.25, -0.2) is 4.79 Å². The fraction of sp³-hybridized carbons (Fsp3) is 0.571. The molecular formula is C28H38O8. The molecule has 8 nitrogen and oxygen atoms in total. The number of esters is 1. The molecule has 8 heteroatoms. The first-order chi connectivity index (χ1) is 17.2. The molecule has 8 atom stereocenters. The van der Waals surface area contributed by atoms with Gasteiger partial charge in [-0.1, -0.05) is 50.3 Å². The Morgan fingerprint density at radius 1 is 1.14 bits per heavy atom. The van der Waals surface area contributed by atoms with E-state index in [0.717, 1.165) is 5.57 Å². The van der Waals surface area contributed by atoms with E-state index in [1.54, 1.807) is 18.2 Å². The molecule has 2 aliphatic rings. The van der Waals surface area contributed by atoms with Crippen molar-refractivity contribution in [3.63, 3.8) is 0 Å². The Kier molecular flexibility index (Phi) is 10.1.